The number of Topliss-reactive ketones (excluding diaryl/α,β-unsaturated/α-hetero) is 1. The van der Waals surface area contributed by atoms with E-state index in [0.29, 0.717) is 5.57 Å². The van der Waals surface area contributed by atoms with Crippen LogP contribution in [0.15, 0.2) is 11.1 Å². The summed E-state index contributed by atoms with van der Waals surface area (Å²) in [7, 11) is 1.39. The molecule has 3 rings (SSSR count). The molecule has 4 nitrogen and oxygen atoms in total. The number of fused-ring (bicyclic) bond motifs is 3. The van der Waals surface area contributed by atoms with Gasteiger partial charge in [0.25, 0.3) is 0 Å². The molecular weight excluding hydrogens is 244 g/mol. The van der Waals surface area contributed by atoms with Gasteiger partial charge in [-0.25, -0.2) is 4.79 Å². The van der Waals surface area contributed by atoms with Crippen molar-refractivity contribution in [1.82, 2.24) is 0 Å². The van der Waals surface area contributed by atoms with Gasteiger partial charge >= 0.3 is 5.97 Å². The van der Waals surface area contributed by atoms with Crippen molar-refractivity contribution in [2.45, 2.75) is 57.7 Å². The lowest BCUT2D eigenvalue weighted by Crippen LogP contribution is -2.42. The molecule has 0 aromatic rings. The molecule has 0 N–H and O–H groups in total. The van der Waals surface area contributed by atoms with Crippen LogP contribution in [0, 0.1) is 5.41 Å². The van der Waals surface area contributed by atoms with Gasteiger partial charge in [-0.15, -0.1) is 0 Å². The van der Waals surface area contributed by atoms with Gasteiger partial charge in [0.05, 0.1) is 18.1 Å². The van der Waals surface area contributed by atoms with E-state index in [0.717, 1.165) is 37.7 Å². The van der Waals surface area contributed by atoms with E-state index in [2.05, 4.69) is 6.92 Å². The van der Waals surface area contributed by atoms with Gasteiger partial charge in [-0.1, -0.05) is 13.3 Å². The van der Waals surface area contributed by atoms with Gasteiger partial charge in [0.2, 0.25) is 0 Å². The molecule has 2 heterocycles. The number of unbranched alkanes of at least 4 members (excludes halogenated alkanes) is 1. The molecule has 0 aromatic carbocycles. The Morgan fingerprint density at radius 2 is 2.16 bits per heavy atom. The topological polar surface area (TPSA) is 52.6 Å². The van der Waals surface area contributed by atoms with Crippen LogP contribution in [-0.4, -0.2) is 30.6 Å². The molecule has 2 bridgehead atoms. The van der Waals surface area contributed by atoms with Gasteiger partial charge in [-0.05, 0) is 38.2 Å². The highest BCUT2D eigenvalue weighted by Crippen LogP contribution is 2.68. The van der Waals surface area contributed by atoms with Crippen molar-refractivity contribution in [3.05, 3.63) is 11.1 Å². The molecule has 0 aromatic heterocycles. The molecule has 1 saturated heterocycles. The van der Waals surface area contributed by atoms with Crippen molar-refractivity contribution < 1.29 is 19.1 Å². The number of hydrogen-bond acceptors (Lipinski definition) is 4. The van der Waals surface area contributed by atoms with Crippen molar-refractivity contribution in [3.8, 4) is 0 Å². The quantitative estimate of drug-likeness (QED) is 0.730. The van der Waals surface area contributed by atoms with Crippen molar-refractivity contribution in [2.75, 3.05) is 7.11 Å². The molecule has 19 heavy (non-hydrogen) atoms. The zero-order chi connectivity index (χ0) is 13.8. The van der Waals surface area contributed by atoms with Crippen LogP contribution in [0.1, 0.15) is 46.0 Å². The van der Waals surface area contributed by atoms with Crippen molar-refractivity contribution in [1.29, 1.82) is 0 Å². The smallest absolute Gasteiger partial charge is 0.336 e. The largest absolute Gasteiger partial charge is 0.466 e. The predicted molar refractivity (Wildman–Crippen MR) is 68.5 cm³/mol. The summed E-state index contributed by atoms with van der Waals surface area (Å²) in [6.07, 6.45) is 3.92. The molecular formula is C15H20O4. The van der Waals surface area contributed by atoms with Gasteiger partial charge in [-0.2, -0.15) is 0 Å². The van der Waals surface area contributed by atoms with Crippen molar-refractivity contribution in [2.24, 2.45) is 5.41 Å². The number of ketones is 1. The zero-order valence-corrected chi connectivity index (χ0v) is 11.7. The Morgan fingerprint density at radius 1 is 1.47 bits per heavy atom. The second-order valence-electron chi connectivity index (χ2n) is 5.97. The fourth-order valence-electron chi connectivity index (χ4n) is 3.75. The number of esters is 1. The molecule has 1 saturated carbocycles. The van der Waals surface area contributed by atoms with Gasteiger partial charge in [0.1, 0.15) is 11.7 Å². The molecule has 0 unspecified atom stereocenters. The zero-order valence-electron chi connectivity index (χ0n) is 11.7. The van der Waals surface area contributed by atoms with Crippen LogP contribution in [0.25, 0.3) is 0 Å². The first-order chi connectivity index (χ1) is 9.02. The van der Waals surface area contributed by atoms with Crippen LogP contribution in [0.2, 0.25) is 0 Å². The Balaban J connectivity index is 2.06. The second-order valence-corrected chi connectivity index (χ2v) is 5.97. The minimum absolute atomic E-state index is 0.189. The van der Waals surface area contributed by atoms with Crippen LogP contribution >= 0.6 is 0 Å². The average molecular weight is 264 g/mol. The standard InChI is InChI=1S/C15H20O4/c1-4-5-6-9-10(13(17)18-3)14(2)15(7-8-15)12(16)11(9)19-14/h11H,4-8H2,1-3H3/t11-,14+/m1/s1. The van der Waals surface area contributed by atoms with Gasteiger partial charge in [-0.3, -0.25) is 4.79 Å². The molecule has 104 valence electrons. The number of hydrogen-bond donors (Lipinski definition) is 0. The van der Waals surface area contributed by atoms with E-state index in [9.17, 15) is 9.59 Å². The van der Waals surface area contributed by atoms with Gasteiger partial charge in [0.15, 0.2) is 5.78 Å². The average Bonchev–Trinajstić information content (AvgIpc) is 3.11. The van der Waals surface area contributed by atoms with Gasteiger partial charge < -0.3 is 9.47 Å². The Labute approximate surface area is 113 Å². The van der Waals surface area contributed by atoms with E-state index < -0.39 is 17.1 Å². The fourth-order valence-corrected chi connectivity index (χ4v) is 3.75. The molecule has 2 atom stereocenters. The molecule has 3 aliphatic rings. The van der Waals surface area contributed by atoms with Crippen LogP contribution in [-0.2, 0) is 19.1 Å². The highest BCUT2D eigenvalue weighted by molar-refractivity contribution is 6.06. The number of rotatable bonds is 4. The maximum absolute atomic E-state index is 12.5. The summed E-state index contributed by atoms with van der Waals surface area (Å²) in [5.74, 6) is -0.136. The Hall–Kier alpha value is -1.16. The third kappa shape index (κ3) is 1.38. The first kappa shape index (κ1) is 12.9. The maximum Gasteiger partial charge on any atom is 0.336 e. The van der Waals surface area contributed by atoms with E-state index in [4.69, 9.17) is 9.47 Å². The molecule has 2 fully saturated rings. The summed E-state index contributed by atoms with van der Waals surface area (Å²) in [6, 6.07) is 0. The fraction of sp³-hybridized carbons (Fsp3) is 0.733. The number of ether oxygens (including phenoxy) is 2. The van der Waals surface area contributed by atoms with E-state index in [1.165, 1.54) is 7.11 Å². The van der Waals surface area contributed by atoms with Crippen LogP contribution in [0.5, 0.6) is 0 Å². The highest BCUT2D eigenvalue weighted by atomic mass is 16.5. The Morgan fingerprint density at radius 3 is 2.68 bits per heavy atom. The van der Waals surface area contributed by atoms with E-state index in [-0.39, 0.29) is 11.8 Å². The third-order valence-corrected chi connectivity index (χ3v) is 5.03. The van der Waals surface area contributed by atoms with E-state index in [1.54, 1.807) is 0 Å². The highest BCUT2D eigenvalue weighted by Gasteiger charge is 2.76. The lowest BCUT2D eigenvalue weighted by molar-refractivity contribution is -0.138. The third-order valence-electron chi connectivity index (χ3n) is 5.03. The Kier molecular flexibility index (Phi) is 2.65. The second kappa shape index (κ2) is 3.92. The summed E-state index contributed by atoms with van der Waals surface area (Å²) >= 11 is 0. The number of carbonyl (C=O) groups is 2. The van der Waals surface area contributed by atoms with Crippen LogP contribution < -0.4 is 0 Å². The monoisotopic (exact) mass is 264 g/mol. The summed E-state index contributed by atoms with van der Waals surface area (Å²) in [5, 5.41) is 0. The lowest BCUT2D eigenvalue weighted by Gasteiger charge is -2.30. The molecule has 1 spiro atoms. The van der Waals surface area contributed by atoms with E-state index in [1.807, 2.05) is 6.92 Å². The summed E-state index contributed by atoms with van der Waals surface area (Å²) in [4.78, 5) is 24.6. The Bertz CT molecular complexity index is 486. The van der Waals surface area contributed by atoms with Crippen molar-refractivity contribution in [3.63, 3.8) is 0 Å². The molecule has 1 aliphatic carbocycles. The summed E-state index contributed by atoms with van der Waals surface area (Å²) in [5.41, 5.74) is 0.325. The molecule has 4 heteroatoms. The van der Waals surface area contributed by atoms with E-state index >= 15 is 0 Å². The van der Waals surface area contributed by atoms with Crippen LogP contribution in [0.3, 0.4) is 0 Å². The summed E-state index contributed by atoms with van der Waals surface area (Å²) in [6.45, 7) is 3.99. The predicted octanol–water partition coefficient (Wildman–Crippen LogP) is 2.17. The first-order valence-corrected chi connectivity index (χ1v) is 7.06. The minimum atomic E-state index is -0.745. The number of carbonyl (C=O) groups excluding carboxylic acids is 2. The lowest BCUT2D eigenvalue weighted by atomic mass is 9.71. The van der Waals surface area contributed by atoms with Crippen LogP contribution in [0.4, 0.5) is 0 Å². The van der Waals surface area contributed by atoms with Crippen molar-refractivity contribution >= 4 is 11.8 Å². The first-order valence-electron chi connectivity index (χ1n) is 7.06. The molecule has 0 amide bonds. The normalized spacial score (nSPS) is 34.3. The minimum Gasteiger partial charge on any atom is -0.466 e. The SMILES string of the molecule is CCCCC1=C(C(=O)OC)[C@]2(C)O[C@H]1C(=O)C21CC1. The number of methoxy groups -OCH3 is 1. The summed E-state index contributed by atoms with van der Waals surface area (Å²) < 4.78 is 10.9. The molecule has 2 aliphatic heterocycles. The molecule has 0 radical (unpaired) electrons. The van der Waals surface area contributed by atoms with Gasteiger partial charge in [0, 0.05) is 0 Å². The maximum atomic E-state index is 12.5.